The van der Waals surface area contributed by atoms with Crippen molar-refractivity contribution in [3.05, 3.63) is 22.7 Å². The van der Waals surface area contributed by atoms with Crippen LogP contribution in [0.1, 0.15) is 6.42 Å². The molecule has 0 amide bonds. The van der Waals surface area contributed by atoms with Crippen LogP contribution in [0.2, 0.25) is 0 Å². The molecule has 1 unspecified atom stereocenters. The number of nitrogens with one attached hydrogen (secondary N) is 1. The molecule has 1 aromatic carbocycles. The molecule has 0 radical (unpaired) electrons. The lowest BCUT2D eigenvalue weighted by Gasteiger charge is -2.12. The molecule has 7 heteroatoms. The Balaban J connectivity index is 2.21. The third kappa shape index (κ3) is 2.98. The van der Waals surface area contributed by atoms with Crippen LogP contribution in [0.5, 0.6) is 0 Å². The number of hydrogen-bond donors (Lipinski definition) is 2. The molecule has 1 aliphatic rings. The van der Waals surface area contributed by atoms with E-state index >= 15 is 0 Å². The molecular weight excluding hydrogens is 308 g/mol. The number of anilines is 1. The molecule has 0 bridgehead atoms. The van der Waals surface area contributed by atoms with Crippen molar-refractivity contribution in [1.29, 1.82) is 0 Å². The zero-order valence-electron chi connectivity index (χ0n) is 9.02. The number of hydrogen-bond acceptors (Lipinski definition) is 4. The molecular formula is C10H13BrN2O3S. The number of halogens is 1. The van der Waals surface area contributed by atoms with Crippen molar-refractivity contribution in [3.63, 3.8) is 0 Å². The third-order valence-corrected chi connectivity index (χ3v) is 4.77. The van der Waals surface area contributed by atoms with Crippen molar-refractivity contribution in [2.45, 2.75) is 17.4 Å². The molecule has 5 nitrogen and oxygen atoms in total. The monoisotopic (exact) mass is 320 g/mol. The fraction of sp³-hybridized carbons (Fsp3) is 0.400. The lowest BCUT2D eigenvalue weighted by molar-refractivity contribution is 0.192. The lowest BCUT2D eigenvalue weighted by atomic mass is 10.3. The molecule has 94 valence electrons. The summed E-state index contributed by atoms with van der Waals surface area (Å²) in [4.78, 5) is 0.171. The summed E-state index contributed by atoms with van der Waals surface area (Å²) in [7, 11) is -3.51. The second kappa shape index (κ2) is 4.93. The van der Waals surface area contributed by atoms with Gasteiger partial charge in [-0.25, -0.2) is 13.1 Å². The summed E-state index contributed by atoms with van der Waals surface area (Å²) in [5, 5.41) is 0. The van der Waals surface area contributed by atoms with Crippen LogP contribution < -0.4 is 10.5 Å². The average Bonchev–Trinajstić information content (AvgIpc) is 2.73. The van der Waals surface area contributed by atoms with Crippen LogP contribution in [-0.4, -0.2) is 27.7 Å². The summed E-state index contributed by atoms with van der Waals surface area (Å²) >= 11 is 3.22. The first kappa shape index (κ1) is 12.8. The Kier molecular flexibility index (Phi) is 3.72. The fourth-order valence-corrected chi connectivity index (χ4v) is 3.14. The van der Waals surface area contributed by atoms with Crippen LogP contribution in [0.15, 0.2) is 27.6 Å². The minimum Gasteiger partial charge on any atom is -0.398 e. The molecule has 0 aliphatic carbocycles. The molecule has 2 rings (SSSR count). The molecule has 17 heavy (non-hydrogen) atoms. The smallest absolute Gasteiger partial charge is 0.240 e. The molecule has 1 aliphatic heterocycles. The van der Waals surface area contributed by atoms with Crippen molar-refractivity contribution in [3.8, 4) is 0 Å². The summed E-state index contributed by atoms with van der Waals surface area (Å²) < 4.78 is 32.4. The van der Waals surface area contributed by atoms with E-state index in [0.29, 0.717) is 29.8 Å². The summed E-state index contributed by atoms with van der Waals surface area (Å²) in [5.74, 6) is 0. The Morgan fingerprint density at radius 3 is 2.82 bits per heavy atom. The Hall–Kier alpha value is -0.630. The van der Waals surface area contributed by atoms with E-state index in [2.05, 4.69) is 20.7 Å². The number of benzene rings is 1. The van der Waals surface area contributed by atoms with E-state index < -0.39 is 10.0 Å². The van der Waals surface area contributed by atoms with Crippen molar-refractivity contribution in [1.82, 2.24) is 4.72 Å². The number of nitrogen functional groups attached to an aromatic ring is 1. The van der Waals surface area contributed by atoms with Gasteiger partial charge < -0.3 is 10.5 Å². The van der Waals surface area contributed by atoms with E-state index in [4.69, 9.17) is 10.5 Å². The molecule has 0 saturated carbocycles. The van der Waals surface area contributed by atoms with Crippen LogP contribution in [0.3, 0.4) is 0 Å². The molecule has 1 saturated heterocycles. The topological polar surface area (TPSA) is 81.4 Å². The van der Waals surface area contributed by atoms with Gasteiger partial charge in [0, 0.05) is 22.8 Å². The van der Waals surface area contributed by atoms with Crippen LogP contribution in [0.4, 0.5) is 5.69 Å². The van der Waals surface area contributed by atoms with Crippen molar-refractivity contribution in [2.24, 2.45) is 0 Å². The minimum atomic E-state index is -3.51. The summed E-state index contributed by atoms with van der Waals surface area (Å²) in [6, 6.07) is 4.42. The second-order valence-electron chi connectivity index (χ2n) is 3.87. The van der Waals surface area contributed by atoms with Crippen molar-refractivity contribution in [2.75, 3.05) is 18.9 Å². The van der Waals surface area contributed by atoms with E-state index in [0.717, 1.165) is 0 Å². The number of nitrogens with two attached hydrogens (primary N) is 1. The normalized spacial score (nSPS) is 20.6. The number of sulfonamides is 1. The summed E-state index contributed by atoms with van der Waals surface area (Å²) in [5.41, 5.74) is 6.06. The van der Waals surface area contributed by atoms with E-state index in [9.17, 15) is 8.42 Å². The first-order valence-electron chi connectivity index (χ1n) is 5.14. The molecule has 3 N–H and O–H groups in total. The zero-order valence-corrected chi connectivity index (χ0v) is 11.4. The Bertz CT molecular complexity index is 512. The van der Waals surface area contributed by atoms with Gasteiger partial charge in [0.25, 0.3) is 0 Å². The Morgan fingerprint density at radius 2 is 2.24 bits per heavy atom. The van der Waals surface area contributed by atoms with Gasteiger partial charge in [0.15, 0.2) is 0 Å². The van der Waals surface area contributed by atoms with Gasteiger partial charge in [-0.1, -0.05) is 0 Å². The van der Waals surface area contributed by atoms with Gasteiger partial charge in [-0.05, 0) is 40.5 Å². The zero-order chi connectivity index (χ0) is 12.5. The van der Waals surface area contributed by atoms with Gasteiger partial charge in [0.1, 0.15) is 0 Å². The van der Waals surface area contributed by atoms with Gasteiger partial charge in [-0.2, -0.15) is 0 Å². The van der Waals surface area contributed by atoms with Crippen molar-refractivity contribution < 1.29 is 13.2 Å². The largest absolute Gasteiger partial charge is 0.398 e. The quantitative estimate of drug-likeness (QED) is 0.817. The highest BCUT2D eigenvalue weighted by atomic mass is 79.9. The highest BCUT2D eigenvalue weighted by molar-refractivity contribution is 9.10. The Labute approximate surface area is 109 Å². The Morgan fingerprint density at radius 1 is 1.47 bits per heavy atom. The molecule has 0 spiro atoms. The van der Waals surface area contributed by atoms with Crippen LogP contribution in [-0.2, 0) is 14.8 Å². The maximum absolute atomic E-state index is 12.0. The fourth-order valence-electron chi connectivity index (χ4n) is 1.60. The van der Waals surface area contributed by atoms with Gasteiger partial charge in [0.05, 0.1) is 11.5 Å². The SMILES string of the molecule is Nc1cc(S(=O)(=O)NC2CCOC2)ccc1Br. The third-order valence-electron chi connectivity index (χ3n) is 2.53. The highest BCUT2D eigenvalue weighted by Crippen LogP contribution is 2.23. The number of ether oxygens (including phenoxy) is 1. The summed E-state index contributed by atoms with van der Waals surface area (Å²) in [6.07, 6.45) is 0.700. The molecule has 1 heterocycles. The van der Waals surface area contributed by atoms with E-state index in [1.165, 1.54) is 12.1 Å². The standard InChI is InChI=1S/C10H13BrN2O3S/c11-9-2-1-8(5-10(9)12)17(14,15)13-7-3-4-16-6-7/h1-2,5,7,13H,3-4,6,12H2. The summed E-state index contributed by atoms with van der Waals surface area (Å²) in [6.45, 7) is 1.01. The van der Waals surface area contributed by atoms with Crippen LogP contribution in [0.25, 0.3) is 0 Å². The molecule has 0 aromatic heterocycles. The van der Waals surface area contributed by atoms with Gasteiger partial charge in [-0.15, -0.1) is 0 Å². The maximum atomic E-state index is 12.0. The first-order chi connectivity index (χ1) is 7.99. The van der Waals surface area contributed by atoms with Crippen LogP contribution >= 0.6 is 15.9 Å². The maximum Gasteiger partial charge on any atom is 0.240 e. The first-order valence-corrected chi connectivity index (χ1v) is 7.42. The molecule has 1 fully saturated rings. The van der Waals surface area contributed by atoms with Gasteiger partial charge in [0.2, 0.25) is 10.0 Å². The van der Waals surface area contributed by atoms with E-state index in [-0.39, 0.29) is 10.9 Å². The lowest BCUT2D eigenvalue weighted by Crippen LogP contribution is -2.35. The molecule has 1 aromatic rings. The number of rotatable bonds is 3. The minimum absolute atomic E-state index is 0.148. The van der Waals surface area contributed by atoms with E-state index in [1.807, 2.05) is 0 Å². The second-order valence-corrected chi connectivity index (χ2v) is 6.43. The highest BCUT2D eigenvalue weighted by Gasteiger charge is 2.23. The van der Waals surface area contributed by atoms with E-state index in [1.54, 1.807) is 6.07 Å². The molecule has 1 atom stereocenters. The van der Waals surface area contributed by atoms with Crippen LogP contribution in [0, 0.1) is 0 Å². The van der Waals surface area contributed by atoms with Gasteiger partial charge in [-0.3, -0.25) is 0 Å². The average molecular weight is 321 g/mol. The van der Waals surface area contributed by atoms with Crippen molar-refractivity contribution >= 4 is 31.6 Å². The predicted molar refractivity (Wildman–Crippen MR) is 68.1 cm³/mol. The predicted octanol–water partition coefficient (Wildman–Crippen LogP) is 1.10. The van der Waals surface area contributed by atoms with Gasteiger partial charge >= 0.3 is 0 Å².